The smallest absolute Gasteiger partial charge is 0.305 e. The lowest BCUT2D eigenvalue weighted by atomic mass is 9.95. The number of benzene rings is 2. The van der Waals surface area contributed by atoms with Gasteiger partial charge in [-0.2, -0.15) is 5.10 Å². The van der Waals surface area contributed by atoms with Crippen molar-refractivity contribution in [2.24, 2.45) is 0 Å². The van der Waals surface area contributed by atoms with E-state index in [4.69, 9.17) is 5.11 Å². The normalized spacial score (nSPS) is 12.9. The van der Waals surface area contributed by atoms with Gasteiger partial charge in [0.2, 0.25) is 0 Å². The molecule has 0 spiro atoms. The second-order valence-corrected chi connectivity index (χ2v) is 9.91. The molecule has 3 rings (SSSR count). The van der Waals surface area contributed by atoms with Crippen LogP contribution in [0.1, 0.15) is 66.3 Å². The molecule has 0 saturated carbocycles. The van der Waals surface area contributed by atoms with E-state index in [1.165, 1.54) is 36.0 Å². The molecule has 0 bridgehead atoms. The molecule has 1 heterocycles. The summed E-state index contributed by atoms with van der Waals surface area (Å²) in [5.74, 6) is -6.38. The molecule has 1 aromatic heterocycles. The topological polar surface area (TPSA) is 116 Å². The minimum Gasteiger partial charge on any atom is -0.481 e. The van der Waals surface area contributed by atoms with Crippen LogP contribution in [-0.2, 0) is 17.8 Å². The molecule has 2 unspecified atom stereocenters. The summed E-state index contributed by atoms with van der Waals surface area (Å²) in [7, 11) is 1.29. The highest BCUT2D eigenvalue weighted by Crippen LogP contribution is 2.30. The van der Waals surface area contributed by atoms with Crippen molar-refractivity contribution in [2.45, 2.75) is 64.2 Å². The van der Waals surface area contributed by atoms with Gasteiger partial charge in [0.25, 0.3) is 5.91 Å². The third kappa shape index (κ3) is 7.24. The number of nitrogens with zero attached hydrogens (tertiary/aromatic N) is 3. The quantitative estimate of drug-likeness (QED) is 0.222. The van der Waals surface area contributed by atoms with Crippen LogP contribution in [0, 0.1) is 23.3 Å². The van der Waals surface area contributed by atoms with Crippen molar-refractivity contribution in [3.8, 4) is 5.69 Å². The standard InChI is InChI=1S/C28H31F4N3O5/c1-15(2)25-23(11-8-18(36)12-19(37)13-24(38)39)35(17-6-4-16(29)5-7-17)33-27(25)28(40)34(3)14-20-21(30)9-10-22(31)26(20)32/h4-7,9-10,15,18-19,36-37H,8,11-14H2,1-3H3,(H,38,39). The number of aliphatic hydroxyl groups excluding tert-OH is 2. The van der Waals surface area contributed by atoms with Gasteiger partial charge in [0.15, 0.2) is 17.3 Å². The maximum absolute atomic E-state index is 14.3. The zero-order valence-electron chi connectivity index (χ0n) is 22.2. The summed E-state index contributed by atoms with van der Waals surface area (Å²) >= 11 is 0. The van der Waals surface area contributed by atoms with Crippen LogP contribution in [0.5, 0.6) is 0 Å². The average molecular weight is 566 g/mol. The lowest BCUT2D eigenvalue weighted by Gasteiger charge is -2.19. The fourth-order valence-corrected chi connectivity index (χ4v) is 4.49. The molecule has 216 valence electrons. The number of hydrogen-bond donors (Lipinski definition) is 3. The first kappa shape index (κ1) is 30.8. The van der Waals surface area contributed by atoms with Crippen molar-refractivity contribution in [3.05, 3.63) is 82.2 Å². The number of amides is 1. The SMILES string of the molecule is CC(C)c1c(C(=O)N(C)Cc2c(F)ccc(F)c2F)nn(-c2ccc(F)cc2)c1CCC(O)CC(O)CC(=O)O. The largest absolute Gasteiger partial charge is 0.481 e. The monoisotopic (exact) mass is 565 g/mol. The average Bonchev–Trinajstić information content (AvgIpc) is 3.26. The number of rotatable bonds is 12. The van der Waals surface area contributed by atoms with Gasteiger partial charge in [-0.3, -0.25) is 9.59 Å². The van der Waals surface area contributed by atoms with Crippen LogP contribution in [0.4, 0.5) is 17.6 Å². The lowest BCUT2D eigenvalue weighted by molar-refractivity contribution is -0.139. The first-order valence-electron chi connectivity index (χ1n) is 12.6. The van der Waals surface area contributed by atoms with Crippen molar-refractivity contribution in [2.75, 3.05) is 7.05 Å². The maximum Gasteiger partial charge on any atom is 0.305 e. The van der Waals surface area contributed by atoms with Gasteiger partial charge in [-0.05, 0) is 61.6 Å². The van der Waals surface area contributed by atoms with Gasteiger partial charge in [-0.25, -0.2) is 22.2 Å². The van der Waals surface area contributed by atoms with Crippen LogP contribution in [-0.4, -0.2) is 61.1 Å². The van der Waals surface area contributed by atoms with E-state index in [-0.39, 0.29) is 30.9 Å². The second kappa shape index (κ2) is 13.1. The molecule has 3 aromatic rings. The third-order valence-electron chi connectivity index (χ3n) is 6.42. The molecule has 0 fully saturated rings. The molecular formula is C28H31F4N3O5. The Labute approximate surface area is 228 Å². The molecule has 1 amide bonds. The summed E-state index contributed by atoms with van der Waals surface area (Å²) in [5.41, 5.74) is 0.702. The molecule has 0 aliphatic rings. The Morgan fingerprint density at radius 3 is 2.20 bits per heavy atom. The molecule has 2 aromatic carbocycles. The van der Waals surface area contributed by atoms with Crippen molar-refractivity contribution in [3.63, 3.8) is 0 Å². The fraction of sp³-hybridized carbons (Fsp3) is 0.393. The number of aromatic nitrogens is 2. The molecule has 0 aliphatic carbocycles. The Kier molecular flexibility index (Phi) is 10.0. The Hall–Kier alpha value is -3.77. The highest BCUT2D eigenvalue weighted by molar-refractivity contribution is 5.94. The summed E-state index contributed by atoms with van der Waals surface area (Å²) in [5, 5.41) is 33.6. The van der Waals surface area contributed by atoms with E-state index in [9.17, 15) is 37.4 Å². The number of carboxylic acids is 1. The van der Waals surface area contributed by atoms with E-state index < -0.39 is 65.9 Å². The van der Waals surface area contributed by atoms with Crippen molar-refractivity contribution in [1.29, 1.82) is 0 Å². The van der Waals surface area contributed by atoms with E-state index in [0.717, 1.165) is 11.0 Å². The number of carbonyl (C=O) groups is 2. The molecule has 0 aliphatic heterocycles. The number of aliphatic carboxylic acids is 1. The molecule has 8 nitrogen and oxygen atoms in total. The number of halogens is 4. The summed E-state index contributed by atoms with van der Waals surface area (Å²) in [6.07, 6.45) is -2.83. The van der Waals surface area contributed by atoms with Gasteiger partial charge >= 0.3 is 5.97 Å². The molecule has 0 saturated heterocycles. The number of carboxylic acid groups (broad SMARTS) is 1. The van der Waals surface area contributed by atoms with Gasteiger partial charge < -0.3 is 20.2 Å². The van der Waals surface area contributed by atoms with Crippen LogP contribution < -0.4 is 0 Å². The molecule has 40 heavy (non-hydrogen) atoms. The molecule has 0 radical (unpaired) electrons. The van der Waals surface area contributed by atoms with Crippen LogP contribution in [0.15, 0.2) is 36.4 Å². The van der Waals surface area contributed by atoms with E-state index in [1.54, 1.807) is 13.8 Å². The first-order valence-corrected chi connectivity index (χ1v) is 12.6. The van der Waals surface area contributed by atoms with Gasteiger partial charge in [-0.15, -0.1) is 0 Å². The second-order valence-electron chi connectivity index (χ2n) is 9.91. The maximum atomic E-state index is 14.3. The Morgan fingerprint density at radius 1 is 0.975 bits per heavy atom. The first-order chi connectivity index (χ1) is 18.8. The molecule has 2 atom stereocenters. The summed E-state index contributed by atoms with van der Waals surface area (Å²) in [6, 6.07) is 6.72. The van der Waals surface area contributed by atoms with Crippen LogP contribution >= 0.6 is 0 Å². The summed E-state index contributed by atoms with van der Waals surface area (Å²) in [4.78, 5) is 25.4. The van der Waals surface area contributed by atoms with Crippen molar-refractivity contribution >= 4 is 11.9 Å². The van der Waals surface area contributed by atoms with E-state index in [0.29, 0.717) is 23.0 Å². The Morgan fingerprint density at radius 2 is 1.60 bits per heavy atom. The summed E-state index contributed by atoms with van der Waals surface area (Å²) < 4.78 is 57.3. The number of carbonyl (C=O) groups excluding carboxylic acids is 1. The predicted molar refractivity (Wildman–Crippen MR) is 137 cm³/mol. The number of aliphatic hydroxyl groups is 2. The Bertz CT molecular complexity index is 1360. The van der Waals surface area contributed by atoms with Gasteiger partial charge in [0, 0.05) is 23.9 Å². The van der Waals surface area contributed by atoms with Gasteiger partial charge in [0.05, 0.1) is 30.9 Å². The number of hydrogen-bond acceptors (Lipinski definition) is 5. The van der Waals surface area contributed by atoms with E-state index in [1.807, 2.05) is 0 Å². The van der Waals surface area contributed by atoms with Gasteiger partial charge in [0.1, 0.15) is 11.6 Å². The van der Waals surface area contributed by atoms with Crippen molar-refractivity contribution in [1.82, 2.24) is 14.7 Å². The highest BCUT2D eigenvalue weighted by atomic mass is 19.2. The van der Waals surface area contributed by atoms with Gasteiger partial charge in [-0.1, -0.05) is 13.8 Å². The zero-order chi connectivity index (χ0) is 29.7. The van der Waals surface area contributed by atoms with Crippen LogP contribution in [0.2, 0.25) is 0 Å². The highest BCUT2D eigenvalue weighted by Gasteiger charge is 2.29. The zero-order valence-corrected chi connectivity index (χ0v) is 22.2. The minimum absolute atomic E-state index is 0.0468. The predicted octanol–water partition coefficient (Wildman–Crippen LogP) is 4.34. The van der Waals surface area contributed by atoms with E-state index >= 15 is 0 Å². The molecular weight excluding hydrogens is 534 g/mol. The van der Waals surface area contributed by atoms with Crippen LogP contribution in [0.3, 0.4) is 0 Å². The minimum atomic E-state index is -1.40. The lowest BCUT2D eigenvalue weighted by Crippen LogP contribution is -2.28. The summed E-state index contributed by atoms with van der Waals surface area (Å²) in [6.45, 7) is 3.02. The van der Waals surface area contributed by atoms with Crippen LogP contribution in [0.25, 0.3) is 5.69 Å². The Balaban J connectivity index is 1.99. The molecule has 3 N–H and O–H groups in total. The molecule has 12 heteroatoms. The third-order valence-corrected chi connectivity index (χ3v) is 6.42. The van der Waals surface area contributed by atoms with E-state index in [2.05, 4.69) is 5.10 Å². The van der Waals surface area contributed by atoms with Crippen molar-refractivity contribution < 1.29 is 42.5 Å². The fourth-order valence-electron chi connectivity index (χ4n) is 4.49.